The van der Waals surface area contributed by atoms with E-state index < -0.39 is 0 Å². The zero-order valence-corrected chi connectivity index (χ0v) is 8.37. The van der Waals surface area contributed by atoms with Gasteiger partial charge in [-0.05, 0) is 60.7 Å². The molecule has 0 aromatic carbocycles. The van der Waals surface area contributed by atoms with Gasteiger partial charge in [-0.3, -0.25) is 0 Å². The Bertz CT molecular complexity index is 290. The van der Waals surface area contributed by atoms with E-state index in [-0.39, 0.29) is 0 Å². The molecule has 0 nitrogen and oxygen atoms in total. The van der Waals surface area contributed by atoms with E-state index in [9.17, 15) is 0 Å². The Hall–Kier alpha value is -0.260. The minimum Gasteiger partial charge on any atom is -0.0845 e. The molecule has 0 N–H and O–H groups in total. The van der Waals surface area contributed by atoms with E-state index in [0.29, 0.717) is 0 Å². The summed E-state index contributed by atoms with van der Waals surface area (Å²) >= 11 is 0. The SMILES string of the molecule is CC1CC2CC34C=CC(C3)C2C4C1. The second kappa shape index (κ2) is 1.89. The Labute approximate surface area is 80.4 Å². The Morgan fingerprint density at radius 3 is 3.08 bits per heavy atom. The topological polar surface area (TPSA) is 0 Å². The van der Waals surface area contributed by atoms with Crippen molar-refractivity contribution in [3.8, 4) is 0 Å². The van der Waals surface area contributed by atoms with E-state index in [1.165, 1.54) is 6.42 Å². The summed E-state index contributed by atoms with van der Waals surface area (Å²) in [6, 6.07) is 0. The van der Waals surface area contributed by atoms with E-state index in [4.69, 9.17) is 0 Å². The molecule has 0 saturated heterocycles. The summed E-state index contributed by atoms with van der Waals surface area (Å²) in [5.74, 6) is 5.38. The van der Waals surface area contributed by atoms with Crippen molar-refractivity contribution >= 4 is 0 Å². The van der Waals surface area contributed by atoms with Gasteiger partial charge in [-0.25, -0.2) is 0 Å². The lowest BCUT2D eigenvalue weighted by atomic mass is 9.70. The molecule has 3 fully saturated rings. The number of hydrogen-bond donors (Lipinski definition) is 0. The third kappa shape index (κ3) is 0.639. The van der Waals surface area contributed by atoms with Crippen molar-refractivity contribution in [3.63, 3.8) is 0 Å². The first kappa shape index (κ1) is 7.09. The number of fused-ring (bicyclic) bond motifs is 1. The molecule has 0 aromatic rings. The number of allylic oxidation sites excluding steroid dienone is 2. The summed E-state index contributed by atoms with van der Waals surface area (Å²) < 4.78 is 0. The quantitative estimate of drug-likeness (QED) is 0.494. The first-order valence-electron chi connectivity index (χ1n) is 5.98. The van der Waals surface area contributed by atoms with Crippen LogP contribution < -0.4 is 0 Å². The molecule has 4 rings (SSSR count). The van der Waals surface area contributed by atoms with Gasteiger partial charge in [-0.15, -0.1) is 0 Å². The molecule has 0 heterocycles. The average molecular weight is 174 g/mol. The fraction of sp³-hybridized carbons (Fsp3) is 0.846. The monoisotopic (exact) mass is 174 g/mol. The smallest absolute Gasteiger partial charge is 0.00784 e. The minimum absolute atomic E-state index is 0.727. The highest BCUT2D eigenvalue weighted by Gasteiger charge is 2.64. The van der Waals surface area contributed by atoms with Gasteiger partial charge in [0.1, 0.15) is 0 Å². The summed E-state index contributed by atoms with van der Waals surface area (Å²) in [4.78, 5) is 0. The second-order valence-electron chi connectivity index (χ2n) is 6.18. The van der Waals surface area contributed by atoms with Crippen LogP contribution in [0, 0.1) is 35.0 Å². The molecule has 4 aliphatic carbocycles. The van der Waals surface area contributed by atoms with Crippen LogP contribution >= 0.6 is 0 Å². The van der Waals surface area contributed by atoms with Crippen LogP contribution in [0.1, 0.15) is 32.6 Å². The lowest BCUT2D eigenvalue weighted by Crippen LogP contribution is -2.28. The standard InChI is InChI=1S/C13H18/c1-8-4-10-7-13-3-2-9(6-13)12(10)11(13)5-8/h2-3,8-12H,4-7H2,1H3. The molecule has 0 radical (unpaired) electrons. The van der Waals surface area contributed by atoms with Gasteiger partial charge in [0.25, 0.3) is 0 Å². The largest absolute Gasteiger partial charge is 0.0845 e. The van der Waals surface area contributed by atoms with E-state index in [1.807, 2.05) is 0 Å². The first-order valence-corrected chi connectivity index (χ1v) is 5.98. The highest BCUT2D eigenvalue weighted by molar-refractivity contribution is 5.27. The molecule has 70 valence electrons. The fourth-order valence-corrected chi connectivity index (χ4v) is 5.40. The fourth-order valence-electron chi connectivity index (χ4n) is 5.40. The van der Waals surface area contributed by atoms with Crippen molar-refractivity contribution in [2.24, 2.45) is 35.0 Å². The predicted octanol–water partition coefficient (Wildman–Crippen LogP) is 3.24. The molecule has 3 saturated carbocycles. The summed E-state index contributed by atoms with van der Waals surface area (Å²) in [6.45, 7) is 2.47. The molecule has 4 aliphatic rings. The molecule has 6 atom stereocenters. The predicted molar refractivity (Wildman–Crippen MR) is 53.2 cm³/mol. The molecule has 0 aromatic heterocycles. The van der Waals surface area contributed by atoms with Crippen LogP contribution in [-0.2, 0) is 0 Å². The average Bonchev–Trinajstić information content (AvgIpc) is 2.62. The second-order valence-corrected chi connectivity index (χ2v) is 6.18. The van der Waals surface area contributed by atoms with Gasteiger partial charge in [-0.2, -0.15) is 0 Å². The third-order valence-corrected chi connectivity index (χ3v) is 5.54. The molecule has 13 heavy (non-hydrogen) atoms. The van der Waals surface area contributed by atoms with Crippen LogP contribution in [0.5, 0.6) is 0 Å². The highest BCUT2D eigenvalue weighted by Crippen LogP contribution is 2.72. The van der Waals surface area contributed by atoms with Crippen molar-refractivity contribution in [1.29, 1.82) is 0 Å². The third-order valence-electron chi connectivity index (χ3n) is 5.54. The van der Waals surface area contributed by atoms with Crippen LogP contribution in [-0.4, -0.2) is 0 Å². The lowest BCUT2D eigenvalue weighted by Gasteiger charge is -2.35. The van der Waals surface area contributed by atoms with Gasteiger partial charge in [-0.1, -0.05) is 19.1 Å². The lowest BCUT2D eigenvalue weighted by molar-refractivity contribution is 0.159. The van der Waals surface area contributed by atoms with Gasteiger partial charge < -0.3 is 0 Å². The van der Waals surface area contributed by atoms with Crippen LogP contribution in [0.2, 0.25) is 0 Å². The molecule has 0 aliphatic heterocycles. The van der Waals surface area contributed by atoms with Gasteiger partial charge in [0, 0.05) is 0 Å². The highest BCUT2D eigenvalue weighted by atomic mass is 14.7. The maximum atomic E-state index is 2.61. The van der Waals surface area contributed by atoms with Gasteiger partial charge >= 0.3 is 0 Å². The van der Waals surface area contributed by atoms with Crippen molar-refractivity contribution in [3.05, 3.63) is 12.2 Å². The van der Waals surface area contributed by atoms with E-state index in [1.54, 1.807) is 19.3 Å². The molecule has 0 heteroatoms. The summed E-state index contributed by atoms with van der Waals surface area (Å²) in [5.41, 5.74) is 0.727. The van der Waals surface area contributed by atoms with Crippen LogP contribution in [0.15, 0.2) is 12.2 Å². The molecular formula is C13H18. The van der Waals surface area contributed by atoms with Crippen LogP contribution in [0.4, 0.5) is 0 Å². The van der Waals surface area contributed by atoms with E-state index >= 15 is 0 Å². The summed E-state index contributed by atoms with van der Waals surface area (Å²) in [6.07, 6.45) is 11.3. The Balaban J connectivity index is 1.84. The summed E-state index contributed by atoms with van der Waals surface area (Å²) in [5, 5.41) is 0. The van der Waals surface area contributed by atoms with E-state index in [0.717, 1.165) is 35.0 Å². The minimum atomic E-state index is 0.727. The first-order chi connectivity index (χ1) is 6.28. The molecule has 1 spiro atoms. The molecule has 5 bridgehead atoms. The Morgan fingerprint density at radius 2 is 2.15 bits per heavy atom. The maximum absolute atomic E-state index is 2.61. The number of hydrogen-bond acceptors (Lipinski definition) is 0. The Morgan fingerprint density at radius 1 is 1.23 bits per heavy atom. The van der Waals surface area contributed by atoms with Crippen molar-refractivity contribution < 1.29 is 0 Å². The molecule has 6 unspecified atom stereocenters. The molecule has 0 amide bonds. The number of rotatable bonds is 0. The van der Waals surface area contributed by atoms with Crippen molar-refractivity contribution in [2.45, 2.75) is 32.6 Å². The molecular weight excluding hydrogens is 156 g/mol. The zero-order valence-electron chi connectivity index (χ0n) is 8.37. The van der Waals surface area contributed by atoms with Crippen molar-refractivity contribution in [1.82, 2.24) is 0 Å². The Kier molecular flexibility index (Phi) is 1.03. The maximum Gasteiger partial charge on any atom is -0.00784 e. The zero-order chi connectivity index (χ0) is 8.63. The van der Waals surface area contributed by atoms with Crippen LogP contribution in [0.3, 0.4) is 0 Å². The van der Waals surface area contributed by atoms with Crippen molar-refractivity contribution in [2.75, 3.05) is 0 Å². The van der Waals surface area contributed by atoms with Gasteiger partial charge in [0.2, 0.25) is 0 Å². The van der Waals surface area contributed by atoms with E-state index in [2.05, 4.69) is 19.1 Å². The van der Waals surface area contributed by atoms with Crippen LogP contribution in [0.25, 0.3) is 0 Å². The summed E-state index contributed by atoms with van der Waals surface area (Å²) in [7, 11) is 0. The van der Waals surface area contributed by atoms with Gasteiger partial charge in [0.05, 0.1) is 0 Å². The normalized spacial score (nSPS) is 66.4. The van der Waals surface area contributed by atoms with Gasteiger partial charge in [0.15, 0.2) is 0 Å².